The van der Waals surface area contributed by atoms with Gasteiger partial charge in [0.05, 0.1) is 6.10 Å². The SMILES string of the molecule is C=C(NC(CCC)CCN)C1(c2cccnc2C)CC1.CCC(CF)OC.CCCCCc1ccc2c(n1)NCCC2. The minimum Gasteiger partial charge on any atom is -0.385 e. The van der Waals surface area contributed by atoms with Crippen LogP contribution in [0.5, 0.6) is 0 Å². The first-order valence-corrected chi connectivity index (χ1v) is 16.3. The second kappa shape index (κ2) is 19.6. The highest BCUT2D eigenvalue weighted by Crippen LogP contribution is 2.53. The normalized spacial score (nSPS) is 15.9. The van der Waals surface area contributed by atoms with Gasteiger partial charge >= 0.3 is 0 Å². The van der Waals surface area contributed by atoms with Crippen LogP contribution >= 0.6 is 0 Å². The molecule has 2 aromatic heterocycles. The lowest BCUT2D eigenvalue weighted by atomic mass is 9.91. The molecule has 236 valence electrons. The first-order valence-electron chi connectivity index (χ1n) is 16.3. The molecular formula is C35H58FN5O. The molecular weight excluding hydrogens is 525 g/mol. The fourth-order valence-electron chi connectivity index (χ4n) is 5.47. The van der Waals surface area contributed by atoms with Crippen LogP contribution in [-0.4, -0.2) is 49.0 Å². The molecule has 0 saturated heterocycles. The number of unbranched alkanes of at least 4 members (excludes halogenated alkanes) is 2. The lowest BCUT2D eigenvalue weighted by Crippen LogP contribution is -2.35. The number of halogens is 1. The number of alkyl halides is 1. The summed E-state index contributed by atoms with van der Waals surface area (Å²) in [6.45, 7) is 14.2. The third kappa shape index (κ3) is 11.3. The van der Waals surface area contributed by atoms with Crippen molar-refractivity contribution in [2.45, 2.75) is 122 Å². The van der Waals surface area contributed by atoms with Crippen LogP contribution in [0.25, 0.3) is 0 Å². The van der Waals surface area contributed by atoms with Gasteiger partial charge in [-0.25, -0.2) is 9.37 Å². The second-order valence-corrected chi connectivity index (χ2v) is 11.6. The Kier molecular flexibility index (Phi) is 16.7. The summed E-state index contributed by atoms with van der Waals surface area (Å²) in [6, 6.07) is 9.11. The van der Waals surface area contributed by atoms with E-state index in [-0.39, 0.29) is 18.2 Å². The van der Waals surface area contributed by atoms with Gasteiger partial charge in [0.1, 0.15) is 12.5 Å². The van der Waals surface area contributed by atoms with E-state index < -0.39 is 0 Å². The van der Waals surface area contributed by atoms with E-state index in [2.05, 4.69) is 70.9 Å². The molecule has 4 rings (SSSR count). The van der Waals surface area contributed by atoms with Crippen molar-refractivity contribution in [3.05, 3.63) is 65.3 Å². The van der Waals surface area contributed by atoms with Crippen LogP contribution in [0.2, 0.25) is 0 Å². The van der Waals surface area contributed by atoms with Gasteiger partial charge in [0.15, 0.2) is 0 Å². The van der Waals surface area contributed by atoms with Crippen molar-refractivity contribution >= 4 is 5.82 Å². The van der Waals surface area contributed by atoms with Crippen molar-refractivity contribution in [3.8, 4) is 0 Å². The van der Waals surface area contributed by atoms with Crippen LogP contribution in [0, 0.1) is 6.92 Å². The predicted octanol–water partition coefficient (Wildman–Crippen LogP) is 7.60. The number of nitrogens with one attached hydrogen (secondary N) is 2. The Morgan fingerprint density at radius 1 is 1.17 bits per heavy atom. The molecule has 2 unspecified atom stereocenters. The first-order chi connectivity index (χ1) is 20.4. The van der Waals surface area contributed by atoms with Gasteiger partial charge in [-0.3, -0.25) is 4.98 Å². The minimum absolute atomic E-state index is 0.110. The van der Waals surface area contributed by atoms with E-state index in [1.54, 1.807) is 0 Å². The van der Waals surface area contributed by atoms with Crippen LogP contribution in [0.4, 0.5) is 10.2 Å². The number of hydrogen-bond acceptors (Lipinski definition) is 6. The fourth-order valence-corrected chi connectivity index (χ4v) is 5.47. The van der Waals surface area contributed by atoms with Gasteiger partial charge in [0, 0.05) is 48.4 Å². The maximum absolute atomic E-state index is 11.5. The maximum Gasteiger partial charge on any atom is 0.129 e. The number of pyridine rings is 2. The molecule has 1 saturated carbocycles. The van der Waals surface area contributed by atoms with Crippen LogP contribution < -0.4 is 16.4 Å². The number of aryl methyl sites for hydroxylation is 3. The third-order valence-corrected chi connectivity index (χ3v) is 8.33. The van der Waals surface area contributed by atoms with Gasteiger partial charge in [-0.1, -0.05) is 58.7 Å². The number of methoxy groups -OCH3 is 1. The molecule has 0 bridgehead atoms. The van der Waals surface area contributed by atoms with Crippen molar-refractivity contribution in [2.75, 3.05) is 32.2 Å². The zero-order valence-corrected chi connectivity index (χ0v) is 27.1. The van der Waals surface area contributed by atoms with Gasteiger partial charge in [0.25, 0.3) is 0 Å². The molecule has 6 nitrogen and oxygen atoms in total. The van der Waals surface area contributed by atoms with E-state index in [1.165, 1.54) is 75.3 Å². The predicted molar refractivity (Wildman–Crippen MR) is 176 cm³/mol. The maximum atomic E-state index is 11.5. The number of allylic oxidation sites excluding steroid dienone is 1. The number of nitrogens with two attached hydrogens (primary N) is 1. The Hall–Kier alpha value is -2.51. The average Bonchev–Trinajstić information content (AvgIpc) is 3.81. The van der Waals surface area contributed by atoms with E-state index >= 15 is 0 Å². The molecule has 3 heterocycles. The molecule has 4 N–H and O–H groups in total. The molecule has 0 amide bonds. The molecule has 2 atom stereocenters. The van der Waals surface area contributed by atoms with Gasteiger partial charge in [0.2, 0.25) is 0 Å². The Bertz CT molecular complexity index is 1030. The first kappa shape index (κ1) is 35.7. The summed E-state index contributed by atoms with van der Waals surface area (Å²) in [5.41, 5.74) is 12.1. The fraction of sp³-hybridized carbons (Fsp3) is 0.657. The van der Waals surface area contributed by atoms with E-state index in [4.69, 9.17) is 5.73 Å². The monoisotopic (exact) mass is 583 g/mol. The minimum atomic E-state index is -0.368. The third-order valence-electron chi connectivity index (χ3n) is 8.33. The standard InChI is InChI=1S/C17H27N3.C13H20N2.C5H11FO/c1-4-6-15(8-11-18)20-14(3)17(9-10-17)16-7-5-12-19-13(16)2;1-2-3-4-7-12-9-8-11-6-5-10-14-13(11)15-12;1-3-5(4-6)7-2/h5,7,12,15,20H,3-4,6,8-11,18H2,1-2H3;8-9H,2-7,10H2,1H3,(H,14,15);5H,3-4H2,1-2H3. The summed E-state index contributed by atoms with van der Waals surface area (Å²) in [5, 5.41) is 7.03. The molecule has 0 aromatic carbocycles. The molecule has 2 aromatic rings. The number of hydrogen-bond donors (Lipinski definition) is 3. The average molecular weight is 584 g/mol. The Morgan fingerprint density at radius 3 is 2.52 bits per heavy atom. The van der Waals surface area contributed by atoms with E-state index in [0.29, 0.717) is 6.04 Å². The zero-order valence-electron chi connectivity index (χ0n) is 27.1. The van der Waals surface area contributed by atoms with Crippen LogP contribution in [0.3, 0.4) is 0 Å². The van der Waals surface area contributed by atoms with Crippen molar-refractivity contribution < 1.29 is 9.13 Å². The molecule has 0 spiro atoms. The van der Waals surface area contributed by atoms with Gasteiger partial charge < -0.3 is 21.1 Å². The Labute approximate surface area is 255 Å². The Morgan fingerprint density at radius 2 is 1.95 bits per heavy atom. The number of rotatable bonds is 15. The highest BCUT2D eigenvalue weighted by Gasteiger charge is 2.48. The van der Waals surface area contributed by atoms with Gasteiger partial charge in [-0.2, -0.15) is 0 Å². The zero-order chi connectivity index (χ0) is 30.8. The van der Waals surface area contributed by atoms with E-state index in [1.807, 2.05) is 19.2 Å². The number of nitrogens with zero attached hydrogens (tertiary/aromatic N) is 2. The lowest BCUT2D eigenvalue weighted by molar-refractivity contribution is 0.0766. The summed E-state index contributed by atoms with van der Waals surface area (Å²) in [4.78, 5) is 9.10. The summed E-state index contributed by atoms with van der Waals surface area (Å²) >= 11 is 0. The van der Waals surface area contributed by atoms with Gasteiger partial charge in [-0.15, -0.1) is 0 Å². The van der Waals surface area contributed by atoms with Crippen molar-refractivity contribution in [1.29, 1.82) is 0 Å². The summed E-state index contributed by atoms with van der Waals surface area (Å²) in [5.74, 6) is 1.13. The van der Waals surface area contributed by atoms with Crippen LogP contribution in [0.15, 0.2) is 42.7 Å². The summed E-state index contributed by atoms with van der Waals surface area (Å²) < 4.78 is 16.2. The van der Waals surface area contributed by atoms with E-state index in [9.17, 15) is 4.39 Å². The van der Waals surface area contributed by atoms with Crippen molar-refractivity contribution in [3.63, 3.8) is 0 Å². The number of ether oxygens (including phenoxy) is 1. The Balaban J connectivity index is 0.000000246. The number of aromatic nitrogens is 2. The largest absolute Gasteiger partial charge is 0.385 e. The topological polar surface area (TPSA) is 85.1 Å². The molecule has 2 aliphatic rings. The molecule has 7 heteroatoms. The molecule has 1 fully saturated rings. The second-order valence-electron chi connectivity index (χ2n) is 11.6. The summed E-state index contributed by atoms with van der Waals surface area (Å²) in [6.07, 6.45) is 15.5. The smallest absolute Gasteiger partial charge is 0.129 e. The van der Waals surface area contributed by atoms with Crippen molar-refractivity contribution in [1.82, 2.24) is 15.3 Å². The number of anilines is 1. The summed E-state index contributed by atoms with van der Waals surface area (Å²) in [7, 11) is 1.52. The van der Waals surface area contributed by atoms with Gasteiger partial charge in [-0.05, 0) is 94.5 Å². The van der Waals surface area contributed by atoms with Crippen molar-refractivity contribution in [2.24, 2.45) is 5.73 Å². The highest BCUT2D eigenvalue weighted by molar-refractivity contribution is 5.47. The van der Waals surface area contributed by atoms with E-state index in [0.717, 1.165) is 56.0 Å². The number of fused-ring (bicyclic) bond motifs is 1. The molecule has 1 aliphatic carbocycles. The highest BCUT2D eigenvalue weighted by atomic mass is 19.1. The molecule has 1 aliphatic heterocycles. The van der Waals surface area contributed by atoms with Crippen LogP contribution in [-0.2, 0) is 23.0 Å². The quantitative estimate of drug-likeness (QED) is 0.187. The lowest BCUT2D eigenvalue weighted by Gasteiger charge is -2.27. The molecule has 42 heavy (non-hydrogen) atoms. The molecule has 0 radical (unpaired) electrons. The van der Waals surface area contributed by atoms with Crippen LogP contribution in [0.1, 0.15) is 107 Å².